The van der Waals surface area contributed by atoms with Crippen LogP contribution in [0, 0.1) is 18.6 Å². The molecular weight excluding hydrogens is 314 g/mol. The van der Waals surface area contributed by atoms with Gasteiger partial charge in [-0.3, -0.25) is 0 Å². The first-order valence-electron chi connectivity index (χ1n) is 8.00. The van der Waals surface area contributed by atoms with Crippen molar-refractivity contribution in [2.45, 2.75) is 27.3 Å². The summed E-state index contributed by atoms with van der Waals surface area (Å²) in [5.41, 5.74) is 0.537. The molecule has 0 fully saturated rings. The van der Waals surface area contributed by atoms with Crippen LogP contribution in [0.5, 0.6) is 0 Å². The van der Waals surface area contributed by atoms with E-state index in [0.717, 1.165) is 13.1 Å². The van der Waals surface area contributed by atoms with Crippen LogP contribution < -0.4 is 0 Å². The highest BCUT2D eigenvalue weighted by molar-refractivity contribution is 5.92. The smallest absolute Gasteiger partial charge is 0.337 e. The molecule has 0 unspecified atom stereocenters. The molecule has 0 bridgehead atoms. The van der Waals surface area contributed by atoms with Crippen LogP contribution in [0.15, 0.2) is 24.4 Å². The molecular formula is C18H22F2N2O2. The molecule has 0 saturated carbocycles. The van der Waals surface area contributed by atoms with Crippen LogP contribution in [-0.2, 0) is 6.54 Å². The third kappa shape index (κ3) is 3.48. The number of hydrogen-bond acceptors (Lipinski definition) is 2. The van der Waals surface area contributed by atoms with E-state index < -0.39 is 17.6 Å². The lowest BCUT2D eigenvalue weighted by Crippen LogP contribution is -2.27. The van der Waals surface area contributed by atoms with Gasteiger partial charge in [0.05, 0.1) is 16.8 Å². The summed E-state index contributed by atoms with van der Waals surface area (Å²) in [5, 5.41) is 9.35. The summed E-state index contributed by atoms with van der Waals surface area (Å²) in [6.45, 7) is 8.48. The maximum Gasteiger partial charge on any atom is 0.337 e. The second-order valence-corrected chi connectivity index (χ2v) is 5.64. The van der Waals surface area contributed by atoms with Crippen LogP contribution >= 0.6 is 0 Å². The van der Waals surface area contributed by atoms with Crippen molar-refractivity contribution in [3.63, 3.8) is 0 Å². The molecule has 0 radical (unpaired) electrons. The van der Waals surface area contributed by atoms with Crippen LogP contribution in [0.1, 0.15) is 29.8 Å². The molecule has 2 aromatic rings. The minimum atomic E-state index is -1.10. The van der Waals surface area contributed by atoms with Gasteiger partial charge in [0.1, 0.15) is 11.6 Å². The Hall–Kier alpha value is -2.21. The Labute approximate surface area is 140 Å². The van der Waals surface area contributed by atoms with E-state index in [0.29, 0.717) is 18.7 Å². The number of carboxylic acids is 1. The van der Waals surface area contributed by atoms with Gasteiger partial charge < -0.3 is 14.6 Å². The average molecular weight is 336 g/mol. The molecule has 1 aromatic carbocycles. The zero-order valence-electron chi connectivity index (χ0n) is 14.1. The van der Waals surface area contributed by atoms with Crippen molar-refractivity contribution in [2.24, 2.45) is 0 Å². The number of aromatic carboxylic acids is 1. The molecule has 0 aliphatic carbocycles. The molecule has 1 aromatic heterocycles. The summed E-state index contributed by atoms with van der Waals surface area (Å²) < 4.78 is 30.1. The van der Waals surface area contributed by atoms with E-state index in [9.17, 15) is 18.7 Å². The van der Waals surface area contributed by atoms with Crippen LogP contribution in [-0.4, -0.2) is 40.2 Å². The molecule has 6 heteroatoms. The zero-order valence-corrected chi connectivity index (χ0v) is 14.1. The van der Waals surface area contributed by atoms with E-state index in [2.05, 4.69) is 4.90 Å². The Morgan fingerprint density at radius 3 is 2.29 bits per heavy atom. The van der Waals surface area contributed by atoms with Crippen LogP contribution in [0.2, 0.25) is 0 Å². The highest BCUT2D eigenvalue weighted by atomic mass is 19.1. The lowest BCUT2D eigenvalue weighted by atomic mass is 10.0. The number of carboxylic acid groups (broad SMARTS) is 1. The van der Waals surface area contributed by atoms with Crippen LogP contribution in [0.4, 0.5) is 8.78 Å². The van der Waals surface area contributed by atoms with Gasteiger partial charge in [0.2, 0.25) is 0 Å². The van der Waals surface area contributed by atoms with Crippen molar-refractivity contribution in [1.82, 2.24) is 9.47 Å². The largest absolute Gasteiger partial charge is 0.478 e. The third-order valence-electron chi connectivity index (χ3n) is 4.31. The molecule has 1 heterocycles. The molecule has 0 atom stereocenters. The molecule has 1 N–H and O–H groups in total. The van der Waals surface area contributed by atoms with Crippen LogP contribution in [0.3, 0.4) is 0 Å². The fourth-order valence-electron chi connectivity index (χ4n) is 2.90. The average Bonchev–Trinajstić information content (AvgIpc) is 2.86. The molecule has 0 amide bonds. The first-order valence-corrected chi connectivity index (χ1v) is 8.00. The summed E-state index contributed by atoms with van der Waals surface area (Å²) in [4.78, 5) is 13.6. The Morgan fingerprint density at radius 1 is 1.21 bits per heavy atom. The van der Waals surface area contributed by atoms with Crippen molar-refractivity contribution < 1.29 is 18.7 Å². The Morgan fingerprint density at radius 2 is 1.79 bits per heavy atom. The number of hydrogen-bond donors (Lipinski definition) is 1. The van der Waals surface area contributed by atoms with E-state index in [4.69, 9.17) is 0 Å². The van der Waals surface area contributed by atoms with Gasteiger partial charge >= 0.3 is 5.97 Å². The molecule has 130 valence electrons. The molecule has 0 aliphatic rings. The van der Waals surface area contributed by atoms with Gasteiger partial charge in [0.15, 0.2) is 0 Å². The monoisotopic (exact) mass is 336 g/mol. The summed E-state index contributed by atoms with van der Waals surface area (Å²) in [6, 6.07) is 3.66. The first kappa shape index (κ1) is 18.1. The first-order chi connectivity index (χ1) is 11.4. The van der Waals surface area contributed by atoms with E-state index in [-0.39, 0.29) is 16.8 Å². The number of likely N-dealkylation sites (N-methyl/N-ethyl adjacent to an activating group) is 1. The summed E-state index contributed by atoms with van der Waals surface area (Å²) >= 11 is 0. The van der Waals surface area contributed by atoms with Crippen molar-refractivity contribution in [3.8, 4) is 11.3 Å². The number of benzene rings is 1. The Bertz CT molecular complexity index is 717. The van der Waals surface area contributed by atoms with E-state index in [1.54, 1.807) is 11.5 Å². The van der Waals surface area contributed by atoms with Crippen molar-refractivity contribution in [1.29, 1.82) is 0 Å². The molecule has 0 aliphatic heterocycles. The van der Waals surface area contributed by atoms with Crippen molar-refractivity contribution >= 4 is 5.97 Å². The van der Waals surface area contributed by atoms with E-state index in [1.165, 1.54) is 24.4 Å². The zero-order chi connectivity index (χ0) is 17.9. The molecule has 24 heavy (non-hydrogen) atoms. The van der Waals surface area contributed by atoms with Gasteiger partial charge in [0.25, 0.3) is 0 Å². The third-order valence-corrected chi connectivity index (χ3v) is 4.31. The van der Waals surface area contributed by atoms with Gasteiger partial charge in [-0.25, -0.2) is 13.6 Å². The minimum Gasteiger partial charge on any atom is -0.478 e. The number of halogens is 2. The van der Waals surface area contributed by atoms with E-state index >= 15 is 0 Å². The topological polar surface area (TPSA) is 45.5 Å². The van der Waals surface area contributed by atoms with Gasteiger partial charge in [-0.15, -0.1) is 0 Å². The summed E-state index contributed by atoms with van der Waals surface area (Å²) in [7, 11) is 0. The predicted molar refractivity (Wildman–Crippen MR) is 89.3 cm³/mol. The number of aromatic nitrogens is 1. The maximum atomic E-state index is 14.2. The molecule has 0 saturated heterocycles. The van der Waals surface area contributed by atoms with Gasteiger partial charge in [-0.2, -0.15) is 0 Å². The molecule has 4 nitrogen and oxygen atoms in total. The number of carbonyl (C=O) groups is 1. The lowest BCUT2D eigenvalue weighted by Gasteiger charge is -2.19. The molecule has 0 spiro atoms. The predicted octanol–water partition coefficient (Wildman–Crippen LogP) is 3.78. The van der Waals surface area contributed by atoms with Crippen molar-refractivity contribution in [3.05, 3.63) is 47.2 Å². The lowest BCUT2D eigenvalue weighted by molar-refractivity contribution is 0.0696. The van der Waals surface area contributed by atoms with Gasteiger partial charge in [-0.1, -0.05) is 19.9 Å². The number of rotatable bonds is 7. The summed E-state index contributed by atoms with van der Waals surface area (Å²) in [6.07, 6.45) is 1.46. The standard InChI is InChI=1S/C18H22F2N2O2/c1-4-21(5-2)9-10-22-11-13(18(23)24)12(3)17(22)16-14(19)7-6-8-15(16)20/h6-8,11H,4-5,9-10H2,1-3H3,(H,23,24). The second kappa shape index (κ2) is 7.57. The maximum absolute atomic E-state index is 14.2. The second-order valence-electron chi connectivity index (χ2n) is 5.64. The molecule has 2 rings (SSSR count). The fourth-order valence-corrected chi connectivity index (χ4v) is 2.90. The fraction of sp³-hybridized carbons (Fsp3) is 0.389. The number of nitrogens with zero attached hydrogens (tertiary/aromatic N) is 2. The summed E-state index contributed by atoms with van der Waals surface area (Å²) in [5.74, 6) is -2.50. The quantitative estimate of drug-likeness (QED) is 0.837. The highest BCUT2D eigenvalue weighted by Gasteiger charge is 2.23. The minimum absolute atomic E-state index is 0.0622. The van der Waals surface area contributed by atoms with Crippen molar-refractivity contribution in [2.75, 3.05) is 19.6 Å². The Balaban J connectivity index is 2.54. The SMILES string of the molecule is CCN(CC)CCn1cc(C(=O)O)c(C)c1-c1c(F)cccc1F. The van der Waals surface area contributed by atoms with E-state index in [1.807, 2.05) is 13.8 Å². The normalized spacial score (nSPS) is 11.2. The van der Waals surface area contributed by atoms with Gasteiger partial charge in [-0.05, 0) is 37.7 Å². The Kier molecular flexibility index (Phi) is 5.72. The van der Waals surface area contributed by atoms with Crippen LogP contribution in [0.25, 0.3) is 11.3 Å². The van der Waals surface area contributed by atoms with Gasteiger partial charge in [0, 0.05) is 19.3 Å². The highest BCUT2D eigenvalue weighted by Crippen LogP contribution is 2.32.